The molecule has 1 rings (SSSR count). The fourth-order valence-electron chi connectivity index (χ4n) is 1.49. The summed E-state index contributed by atoms with van der Waals surface area (Å²) in [6.07, 6.45) is 2.19. The first-order valence-corrected chi connectivity index (χ1v) is 6.44. The Hall–Kier alpha value is -0.940. The van der Waals surface area contributed by atoms with Crippen LogP contribution in [0.15, 0.2) is 5.51 Å². The van der Waals surface area contributed by atoms with E-state index in [2.05, 4.69) is 10.3 Å². The topological polar surface area (TPSA) is 62.2 Å². The van der Waals surface area contributed by atoms with E-state index in [0.717, 1.165) is 18.5 Å². The van der Waals surface area contributed by atoms with Crippen LogP contribution in [0.1, 0.15) is 42.1 Å². The van der Waals surface area contributed by atoms with Crippen LogP contribution in [0.25, 0.3) is 0 Å². The summed E-state index contributed by atoms with van der Waals surface area (Å²) in [7, 11) is 0. The Kier molecular flexibility index (Phi) is 5.42. The van der Waals surface area contributed by atoms with Crippen LogP contribution >= 0.6 is 11.3 Å². The first-order chi connectivity index (χ1) is 7.72. The predicted molar refractivity (Wildman–Crippen MR) is 64.7 cm³/mol. The summed E-state index contributed by atoms with van der Waals surface area (Å²) in [6.45, 7) is 4.08. The summed E-state index contributed by atoms with van der Waals surface area (Å²) in [6, 6.07) is 0.0457. The van der Waals surface area contributed by atoms with Crippen molar-refractivity contribution < 1.29 is 9.90 Å². The molecule has 1 atom stereocenters. The van der Waals surface area contributed by atoms with Crippen LogP contribution in [0.4, 0.5) is 0 Å². The van der Waals surface area contributed by atoms with Gasteiger partial charge in [0.25, 0.3) is 5.91 Å². The molecule has 0 bridgehead atoms. The number of thiazole rings is 1. The standard InChI is InChI=1S/C11H18N2O2S/c1-3-8(5-6-14)13-11(15)10-9(4-2)12-7-16-10/h7-8,14H,3-6H2,1-2H3,(H,13,15). The number of hydrogen-bond donors (Lipinski definition) is 2. The van der Waals surface area contributed by atoms with Gasteiger partial charge in [0.05, 0.1) is 11.2 Å². The molecule has 0 spiro atoms. The Morgan fingerprint density at radius 2 is 2.38 bits per heavy atom. The maximum atomic E-state index is 11.9. The average molecular weight is 242 g/mol. The molecule has 2 N–H and O–H groups in total. The van der Waals surface area contributed by atoms with Crippen LogP contribution in [-0.2, 0) is 6.42 Å². The van der Waals surface area contributed by atoms with Crippen molar-refractivity contribution in [3.63, 3.8) is 0 Å². The van der Waals surface area contributed by atoms with Gasteiger partial charge in [-0.25, -0.2) is 4.98 Å². The summed E-state index contributed by atoms with van der Waals surface area (Å²) >= 11 is 1.37. The van der Waals surface area contributed by atoms with Gasteiger partial charge in [0.2, 0.25) is 0 Å². The number of nitrogens with one attached hydrogen (secondary N) is 1. The Morgan fingerprint density at radius 3 is 2.94 bits per heavy atom. The normalized spacial score (nSPS) is 12.4. The quantitative estimate of drug-likeness (QED) is 0.796. The van der Waals surface area contributed by atoms with Crippen molar-refractivity contribution in [2.24, 2.45) is 0 Å². The number of nitrogens with zero attached hydrogens (tertiary/aromatic N) is 1. The van der Waals surface area contributed by atoms with E-state index in [9.17, 15) is 4.79 Å². The fraction of sp³-hybridized carbons (Fsp3) is 0.636. The van der Waals surface area contributed by atoms with Crippen molar-refractivity contribution in [3.8, 4) is 0 Å². The lowest BCUT2D eigenvalue weighted by molar-refractivity contribution is 0.0932. The van der Waals surface area contributed by atoms with E-state index < -0.39 is 0 Å². The number of aliphatic hydroxyl groups is 1. The van der Waals surface area contributed by atoms with Crippen molar-refractivity contribution >= 4 is 17.2 Å². The number of carbonyl (C=O) groups is 1. The van der Waals surface area contributed by atoms with E-state index in [1.54, 1.807) is 5.51 Å². The van der Waals surface area contributed by atoms with Crippen LogP contribution in [0.2, 0.25) is 0 Å². The van der Waals surface area contributed by atoms with Gasteiger partial charge in [-0.05, 0) is 19.3 Å². The second-order valence-corrected chi connectivity index (χ2v) is 4.43. The lowest BCUT2D eigenvalue weighted by Gasteiger charge is -2.15. The highest BCUT2D eigenvalue weighted by molar-refractivity contribution is 7.11. The van der Waals surface area contributed by atoms with Gasteiger partial charge in [0.15, 0.2) is 0 Å². The molecule has 1 amide bonds. The monoisotopic (exact) mass is 242 g/mol. The van der Waals surface area contributed by atoms with E-state index in [4.69, 9.17) is 5.11 Å². The molecule has 1 heterocycles. The summed E-state index contributed by atoms with van der Waals surface area (Å²) < 4.78 is 0. The SMILES string of the molecule is CCc1ncsc1C(=O)NC(CC)CCO. The van der Waals surface area contributed by atoms with Gasteiger partial charge in [-0.2, -0.15) is 0 Å². The minimum Gasteiger partial charge on any atom is -0.396 e. The molecule has 16 heavy (non-hydrogen) atoms. The van der Waals surface area contributed by atoms with Crippen molar-refractivity contribution in [2.45, 2.75) is 39.2 Å². The summed E-state index contributed by atoms with van der Waals surface area (Å²) in [5.74, 6) is -0.0698. The molecule has 5 heteroatoms. The second kappa shape index (κ2) is 6.60. The molecule has 90 valence electrons. The maximum absolute atomic E-state index is 11.9. The van der Waals surface area contributed by atoms with Crippen molar-refractivity contribution in [2.75, 3.05) is 6.61 Å². The van der Waals surface area contributed by atoms with Crippen LogP contribution in [0, 0.1) is 0 Å². The molecular formula is C11H18N2O2S. The summed E-state index contributed by atoms with van der Waals surface area (Å²) in [5.41, 5.74) is 2.54. The largest absolute Gasteiger partial charge is 0.396 e. The highest BCUT2D eigenvalue weighted by Crippen LogP contribution is 2.14. The molecule has 1 aromatic rings. The first kappa shape index (κ1) is 13.1. The highest BCUT2D eigenvalue weighted by atomic mass is 32.1. The number of amides is 1. The smallest absolute Gasteiger partial charge is 0.263 e. The molecule has 0 aliphatic carbocycles. The van der Waals surface area contributed by atoms with Crippen molar-refractivity contribution in [1.29, 1.82) is 0 Å². The minimum absolute atomic E-state index is 0.0457. The number of carbonyl (C=O) groups excluding carboxylic acids is 1. The predicted octanol–water partition coefficient (Wildman–Crippen LogP) is 1.60. The third-order valence-electron chi connectivity index (χ3n) is 2.49. The van der Waals surface area contributed by atoms with E-state index >= 15 is 0 Å². The zero-order chi connectivity index (χ0) is 12.0. The molecule has 0 aliphatic heterocycles. The van der Waals surface area contributed by atoms with E-state index in [0.29, 0.717) is 11.3 Å². The third kappa shape index (κ3) is 3.28. The Labute approximate surface area is 99.7 Å². The average Bonchev–Trinajstić information content (AvgIpc) is 2.76. The first-order valence-electron chi connectivity index (χ1n) is 5.56. The zero-order valence-corrected chi connectivity index (χ0v) is 10.5. The van der Waals surface area contributed by atoms with Crippen molar-refractivity contribution in [3.05, 3.63) is 16.1 Å². The van der Waals surface area contributed by atoms with Gasteiger partial charge in [-0.15, -0.1) is 11.3 Å². The van der Waals surface area contributed by atoms with Gasteiger partial charge in [-0.3, -0.25) is 4.79 Å². The van der Waals surface area contributed by atoms with Gasteiger partial charge < -0.3 is 10.4 Å². The second-order valence-electron chi connectivity index (χ2n) is 3.57. The van der Waals surface area contributed by atoms with Gasteiger partial charge in [-0.1, -0.05) is 13.8 Å². The van der Waals surface area contributed by atoms with Gasteiger partial charge in [0.1, 0.15) is 4.88 Å². The zero-order valence-electron chi connectivity index (χ0n) is 9.69. The molecule has 0 saturated heterocycles. The fourth-order valence-corrected chi connectivity index (χ4v) is 2.28. The number of aromatic nitrogens is 1. The van der Waals surface area contributed by atoms with Gasteiger partial charge >= 0.3 is 0 Å². The number of hydrogen-bond acceptors (Lipinski definition) is 4. The molecule has 0 aromatic carbocycles. The molecule has 4 nitrogen and oxygen atoms in total. The number of aryl methyl sites for hydroxylation is 1. The van der Waals surface area contributed by atoms with Gasteiger partial charge in [0, 0.05) is 12.6 Å². The molecule has 0 radical (unpaired) electrons. The van der Waals surface area contributed by atoms with Crippen LogP contribution in [0.3, 0.4) is 0 Å². The molecule has 1 unspecified atom stereocenters. The minimum atomic E-state index is -0.0698. The number of rotatable bonds is 6. The lowest BCUT2D eigenvalue weighted by atomic mass is 10.1. The molecule has 0 aliphatic rings. The molecular weight excluding hydrogens is 224 g/mol. The molecule has 1 aromatic heterocycles. The van der Waals surface area contributed by atoms with Crippen LogP contribution in [0.5, 0.6) is 0 Å². The molecule has 0 saturated carbocycles. The van der Waals surface area contributed by atoms with Crippen molar-refractivity contribution in [1.82, 2.24) is 10.3 Å². The summed E-state index contributed by atoms with van der Waals surface area (Å²) in [5, 5.41) is 11.8. The third-order valence-corrected chi connectivity index (χ3v) is 3.36. The highest BCUT2D eigenvalue weighted by Gasteiger charge is 2.16. The van der Waals surface area contributed by atoms with E-state index in [-0.39, 0.29) is 18.6 Å². The maximum Gasteiger partial charge on any atom is 0.263 e. The van der Waals surface area contributed by atoms with Crippen LogP contribution in [-0.4, -0.2) is 28.6 Å². The Balaban J connectivity index is 2.64. The summed E-state index contributed by atoms with van der Waals surface area (Å²) in [4.78, 5) is 16.7. The van der Waals surface area contributed by atoms with Crippen LogP contribution < -0.4 is 5.32 Å². The van der Waals surface area contributed by atoms with E-state index in [1.807, 2.05) is 13.8 Å². The Bertz CT molecular complexity index is 338. The molecule has 0 fully saturated rings. The van der Waals surface area contributed by atoms with E-state index in [1.165, 1.54) is 11.3 Å². The Morgan fingerprint density at radius 1 is 1.62 bits per heavy atom. The number of aliphatic hydroxyl groups excluding tert-OH is 1. The lowest BCUT2D eigenvalue weighted by Crippen LogP contribution is -2.35.